The number of sulfonamides is 1. The number of rotatable bonds is 6. The molecule has 0 unspecified atom stereocenters. The molecule has 28 heavy (non-hydrogen) atoms. The van der Waals surface area contributed by atoms with E-state index in [0.717, 1.165) is 37.9 Å². The fourth-order valence-electron chi connectivity index (χ4n) is 3.40. The Balaban J connectivity index is 1.71. The molecule has 1 amide bonds. The van der Waals surface area contributed by atoms with Crippen molar-refractivity contribution in [2.45, 2.75) is 37.6 Å². The van der Waals surface area contributed by atoms with Gasteiger partial charge in [-0.2, -0.15) is 0 Å². The van der Waals surface area contributed by atoms with Gasteiger partial charge in [0, 0.05) is 25.2 Å². The van der Waals surface area contributed by atoms with Crippen LogP contribution in [0.1, 0.15) is 40.7 Å². The number of nitrogens with zero attached hydrogens (tertiary/aromatic N) is 1. The maximum absolute atomic E-state index is 12.7. The number of hydrogen-bond donors (Lipinski definition) is 1. The van der Waals surface area contributed by atoms with Gasteiger partial charge in [-0.25, -0.2) is 13.1 Å². The molecule has 0 saturated carbocycles. The highest BCUT2D eigenvalue weighted by Gasteiger charge is 2.20. The summed E-state index contributed by atoms with van der Waals surface area (Å²) >= 11 is 0. The van der Waals surface area contributed by atoms with Crippen molar-refractivity contribution in [3.05, 3.63) is 59.2 Å². The molecule has 0 aliphatic carbocycles. The van der Waals surface area contributed by atoms with Crippen LogP contribution >= 0.6 is 0 Å². The number of amides is 1. The van der Waals surface area contributed by atoms with Gasteiger partial charge in [0.2, 0.25) is 10.0 Å². The molecule has 1 N–H and O–H groups in total. The minimum Gasteiger partial charge on any atom is -0.497 e. The van der Waals surface area contributed by atoms with Crippen LogP contribution in [-0.2, 0) is 16.6 Å². The van der Waals surface area contributed by atoms with Gasteiger partial charge in [-0.1, -0.05) is 12.1 Å². The topological polar surface area (TPSA) is 75.7 Å². The average Bonchev–Trinajstić information content (AvgIpc) is 2.72. The maximum atomic E-state index is 12.7. The zero-order valence-electron chi connectivity index (χ0n) is 16.3. The molecule has 0 atom stereocenters. The maximum Gasteiger partial charge on any atom is 0.253 e. The predicted molar refractivity (Wildman–Crippen MR) is 108 cm³/mol. The Hall–Kier alpha value is -2.38. The first-order valence-electron chi connectivity index (χ1n) is 9.43. The minimum absolute atomic E-state index is 0.00964. The second-order valence-electron chi connectivity index (χ2n) is 7.01. The Morgan fingerprint density at radius 3 is 2.54 bits per heavy atom. The van der Waals surface area contributed by atoms with Crippen molar-refractivity contribution in [1.29, 1.82) is 0 Å². The number of hydrogen-bond acceptors (Lipinski definition) is 4. The van der Waals surface area contributed by atoms with E-state index in [1.165, 1.54) is 6.07 Å². The van der Waals surface area contributed by atoms with Crippen molar-refractivity contribution in [2.24, 2.45) is 0 Å². The van der Waals surface area contributed by atoms with E-state index in [4.69, 9.17) is 4.74 Å². The summed E-state index contributed by atoms with van der Waals surface area (Å²) in [5, 5.41) is 0. The molecule has 7 heteroatoms. The molecular formula is C21H26N2O4S. The van der Waals surface area contributed by atoms with E-state index in [1.54, 1.807) is 44.4 Å². The highest BCUT2D eigenvalue weighted by molar-refractivity contribution is 7.89. The standard InChI is InChI=1S/C21H26N2O4S/c1-16-13-19(27-2)9-10-20(16)28(25,26)22-15-17-7-6-8-18(14-17)21(24)23-11-4-3-5-12-23/h6-10,13-14,22H,3-5,11-12,15H2,1-2H3. The van der Waals surface area contributed by atoms with Gasteiger partial charge in [0.25, 0.3) is 5.91 Å². The van der Waals surface area contributed by atoms with Crippen LogP contribution in [0.25, 0.3) is 0 Å². The highest BCUT2D eigenvalue weighted by Crippen LogP contribution is 2.21. The lowest BCUT2D eigenvalue weighted by Gasteiger charge is -2.26. The van der Waals surface area contributed by atoms with Crippen molar-refractivity contribution >= 4 is 15.9 Å². The van der Waals surface area contributed by atoms with E-state index in [1.807, 2.05) is 11.0 Å². The first-order valence-corrected chi connectivity index (χ1v) is 10.9. The van der Waals surface area contributed by atoms with E-state index in [2.05, 4.69) is 4.72 Å². The first-order chi connectivity index (χ1) is 13.4. The zero-order valence-corrected chi connectivity index (χ0v) is 17.1. The Kier molecular flexibility index (Phi) is 6.36. The van der Waals surface area contributed by atoms with Crippen LogP contribution in [0.2, 0.25) is 0 Å². The van der Waals surface area contributed by atoms with E-state index >= 15 is 0 Å². The second-order valence-corrected chi connectivity index (χ2v) is 8.74. The van der Waals surface area contributed by atoms with Crippen LogP contribution in [0.5, 0.6) is 5.75 Å². The van der Waals surface area contributed by atoms with Crippen LogP contribution in [0.15, 0.2) is 47.4 Å². The smallest absolute Gasteiger partial charge is 0.253 e. The van der Waals surface area contributed by atoms with Crippen molar-refractivity contribution in [3.8, 4) is 5.75 Å². The predicted octanol–water partition coefficient (Wildman–Crippen LogP) is 3.11. The lowest BCUT2D eigenvalue weighted by molar-refractivity contribution is 0.0724. The molecule has 1 saturated heterocycles. The summed E-state index contributed by atoms with van der Waals surface area (Å²) < 4.78 is 33.1. The molecule has 1 heterocycles. The Bertz CT molecular complexity index is 951. The normalized spacial score (nSPS) is 14.7. The first kappa shape index (κ1) is 20.4. The zero-order chi connectivity index (χ0) is 20.1. The van der Waals surface area contributed by atoms with Crippen molar-refractivity contribution in [1.82, 2.24) is 9.62 Å². The summed E-state index contributed by atoms with van der Waals surface area (Å²) in [6.45, 7) is 3.42. The Morgan fingerprint density at radius 2 is 1.86 bits per heavy atom. The highest BCUT2D eigenvalue weighted by atomic mass is 32.2. The third-order valence-electron chi connectivity index (χ3n) is 4.96. The van der Waals surface area contributed by atoms with Crippen molar-refractivity contribution < 1.29 is 17.9 Å². The van der Waals surface area contributed by atoms with Crippen LogP contribution in [0, 0.1) is 6.92 Å². The van der Waals surface area contributed by atoms with Gasteiger partial charge >= 0.3 is 0 Å². The number of benzene rings is 2. The lowest BCUT2D eigenvalue weighted by Crippen LogP contribution is -2.35. The summed E-state index contributed by atoms with van der Waals surface area (Å²) in [7, 11) is -2.13. The van der Waals surface area contributed by atoms with Gasteiger partial charge in [-0.05, 0) is 67.6 Å². The number of carbonyl (C=O) groups is 1. The molecular weight excluding hydrogens is 376 g/mol. The molecule has 3 rings (SSSR count). The van der Waals surface area contributed by atoms with E-state index < -0.39 is 10.0 Å². The van der Waals surface area contributed by atoms with E-state index in [9.17, 15) is 13.2 Å². The molecule has 2 aromatic rings. The molecule has 1 aliphatic rings. The average molecular weight is 403 g/mol. The van der Waals surface area contributed by atoms with Gasteiger partial charge in [0.15, 0.2) is 0 Å². The van der Waals surface area contributed by atoms with Gasteiger partial charge in [0.1, 0.15) is 5.75 Å². The second kappa shape index (κ2) is 8.75. The quantitative estimate of drug-likeness (QED) is 0.806. The minimum atomic E-state index is -3.67. The van der Waals surface area contributed by atoms with Crippen LogP contribution in [0.4, 0.5) is 0 Å². The summed E-state index contributed by atoms with van der Waals surface area (Å²) in [6, 6.07) is 12.0. The third kappa shape index (κ3) is 4.72. The Labute approximate surface area is 166 Å². The monoisotopic (exact) mass is 402 g/mol. The van der Waals surface area contributed by atoms with Crippen LogP contribution in [0.3, 0.4) is 0 Å². The molecule has 0 spiro atoms. The molecule has 1 fully saturated rings. The summed E-state index contributed by atoms with van der Waals surface area (Å²) in [5.41, 5.74) is 1.96. The fraction of sp³-hybridized carbons (Fsp3) is 0.381. The summed E-state index contributed by atoms with van der Waals surface area (Å²) in [5.74, 6) is 0.621. The van der Waals surface area contributed by atoms with Crippen molar-refractivity contribution in [2.75, 3.05) is 20.2 Å². The molecule has 2 aromatic carbocycles. The SMILES string of the molecule is COc1ccc(S(=O)(=O)NCc2cccc(C(=O)N3CCCCC3)c2)c(C)c1. The Morgan fingerprint density at radius 1 is 1.11 bits per heavy atom. The summed E-state index contributed by atoms with van der Waals surface area (Å²) in [6.07, 6.45) is 3.23. The molecule has 6 nitrogen and oxygen atoms in total. The number of carbonyl (C=O) groups excluding carboxylic acids is 1. The van der Waals surface area contributed by atoms with Gasteiger partial charge in [-0.3, -0.25) is 4.79 Å². The van der Waals surface area contributed by atoms with Crippen molar-refractivity contribution in [3.63, 3.8) is 0 Å². The number of likely N-dealkylation sites (tertiary alicyclic amines) is 1. The largest absolute Gasteiger partial charge is 0.497 e. The van der Waals surface area contributed by atoms with E-state index in [0.29, 0.717) is 16.9 Å². The van der Waals surface area contributed by atoms with E-state index in [-0.39, 0.29) is 17.3 Å². The molecule has 150 valence electrons. The number of aryl methyl sites for hydroxylation is 1. The number of ether oxygens (including phenoxy) is 1. The van der Waals surface area contributed by atoms with Crippen LogP contribution < -0.4 is 9.46 Å². The lowest BCUT2D eigenvalue weighted by atomic mass is 10.1. The third-order valence-corrected chi connectivity index (χ3v) is 6.52. The number of piperidine rings is 1. The number of methoxy groups -OCH3 is 1. The fourth-order valence-corrected chi connectivity index (χ4v) is 4.64. The molecule has 0 bridgehead atoms. The molecule has 0 radical (unpaired) electrons. The van der Waals surface area contributed by atoms with Crippen LogP contribution in [-0.4, -0.2) is 39.4 Å². The van der Waals surface area contributed by atoms with Gasteiger partial charge < -0.3 is 9.64 Å². The molecule has 1 aliphatic heterocycles. The van der Waals surface area contributed by atoms with Gasteiger partial charge in [-0.15, -0.1) is 0 Å². The summed E-state index contributed by atoms with van der Waals surface area (Å²) in [4.78, 5) is 14.7. The number of nitrogens with one attached hydrogen (secondary N) is 1. The molecule has 0 aromatic heterocycles. The van der Waals surface area contributed by atoms with Gasteiger partial charge in [0.05, 0.1) is 12.0 Å².